The molecule has 0 bridgehead atoms. The van der Waals surface area contributed by atoms with Crippen LogP contribution in [0.1, 0.15) is 31.2 Å². The van der Waals surface area contributed by atoms with Gasteiger partial charge in [-0.15, -0.1) is 10.2 Å². The second kappa shape index (κ2) is 9.92. The third-order valence-corrected chi connectivity index (χ3v) is 6.80. The van der Waals surface area contributed by atoms with E-state index in [-0.39, 0.29) is 5.75 Å². The van der Waals surface area contributed by atoms with Gasteiger partial charge in [-0.1, -0.05) is 55.3 Å². The van der Waals surface area contributed by atoms with Crippen molar-refractivity contribution < 1.29 is 8.42 Å². The Labute approximate surface area is 184 Å². The summed E-state index contributed by atoms with van der Waals surface area (Å²) in [7, 11) is -3.45. The van der Waals surface area contributed by atoms with E-state index in [0.29, 0.717) is 12.1 Å². The molecule has 2 aromatic carbocycles. The van der Waals surface area contributed by atoms with Gasteiger partial charge in [0.1, 0.15) is 0 Å². The maximum Gasteiger partial charge on any atom is 0.233 e. The molecule has 6 nitrogen and oxygen atoms in total. The highest BCUT2D eigenvalue weighted by atomic mass is 32.2. The van der Waals surface area contributed by atoms with E-state index in [9.17, 15) is 8.42 Å². The van der Waals surface area contributed by atoms with E-state index in [0.717, 1.165) is 35.7 Å². The van der Waals surface area contributed by atoms with Crippen molar-refractivity contribution in [3.05, 3.63) is 72.3 Å². The SMILES string of the molecule is O=S(=O)(CCc1ccccc1)Nc1cccc(-c2ccc(N3CCCCCC3)nn2)c1. The van der Waals surface area contributed by atoms with Crippen molar-refractivity contribution >= 4 is 21.5 Å². The van der Waals surface area contributed by atoms with Gasteiger partial charge < -0.3 is 4.90 Å². The second-order valence-electron chi connectivity index (χ2n) is 7.92. The van der Waals surface area contributed by atoms with Crippen LogP contribution in [-0.2, 0) is 16.4 Å². The lowest BCUT2D eigenvalue weighted by molar-refractivity contribution is 0.600. The maximum atomic E-state index is 12.5. The number of aryl methyl sites for hydroxylation is 1. The van der Waals surface area contributed by atoms with Crippen LogP contribution >= 0.6 is 0 Å². The number of aromatic nitrogens is 2. The van der Waals surface area contributed by atoms with E-state index in [2.05, 4.69) is 19.8 Å². The molecule has 1 N–H and O–H groups in total. The molecule has 0 spiro atoms. The van der Waals surface area contributed by atoms with E-state index in [4.69, 9.17) is 0 Å². The number of rotatable bonds is 7. The van der Waals surface area contributed by atoms with Crippen molar-refractivity contribution in [1.82, 2.24) is 10.2 Å². The third-order valence-electron chi connectivity index (χ3n) is 5.51. The molecule has 0 unspecified atom stereocenters. The zero-order chi connectivity index (χ0) is 21.5. The predicted molar refractivity (Wildman–Crippen MR) is 126 cm³/mol. The van der Waals surface area contributed by atoms with Gasteiger partial charge in [0, 0.05) is 24.3 Å². The van der Waals surface area contributed by atoms with E-state index >= 15 is 0 Å². The molecule has 0 aliphatic carbocycles. The van der Waals surface area contributed by atoms with Crippen molar-refractivity contribution in [2.24, 2.45) is 0 Å². The zero-order valence-corrected chi connectivity index (χ0v) is 18.4. The summed E-state index contributed by atoms with van der Waals surface area (Å²) in [4.78, 5) is 2.29. The molecule has 0 atom stereocenters. The lowest BCUT2D eigenvalue weighted by atomic mass is 10.1. The van der Waals surface area contributed by atoms with Crippen molar-refractivity contribution in [2.75, 3.05) is 28.5 Å². The van der Waals surface area contributed by atoms with E-state index in [1.165, 1.54) is 25.7 Å². The molecule has 162 valence electrons. The Morgan fingerprint density at radius 1 is 0.839 bits per heavy atom. The minimum atomic E-state index is -3.45. The zero-order valence-electron chi connectivity index (χ0n) is 17.6. The Morgan fingerprint density at radius 2 is 1.61 bits per heavy atom. The number of hydrogen-bond acceptors (Lipinski definition) is 5. The summed E-state index contributed by atoms with van der Waals surface area (Å²) in [6, 6.07) is 20.9. The molecule has 4 rings (SSSR count). The molecule has 1 fully saturated rings. The van der Waals surface area contributed by atoms with Crippen LogP contribution in [-0.4, -0.2) is 37.5 Å². The summed E-state index contributed by atoms with van der Waals surface area (Å²) in [5.41, 5.74) is 3.09. The van der Waals surface area contributed by atoms with Crippen molar-refractivity contribution in [3.8, 4) is 11.3 Å². The van der Waals surface area contributed by atoms with Gasteiger partial charge in [0.2, 0.25) is 10.0 Å². The largest absolute Gasteiger partial charge is 0.355 e. The van der Waals surface area contributed by atoms with Gasteiger partial charge in [0.05, 0.1) is 11.4 Å². The molecule has 1 aliphatic heterocycles. The van der Waals surface area contributed by atoms with Crippen LogP contribution in [0.5, 0.6) is 0 Å². The summed E-state index contributed by atoms with van der Waals surface area (Å²) in [5, 5.41) is 8.82. The number of benzene rings is 2. The van der Waals surface area contributed by atoms with Crippen LogP contribution < -0.4 is 9.62 Å². The first-order valence-corrected chi connectivity index (χ1v) is 12.5. The van der Waals surface area contributed by atoms with Crippen LogP contribution in [0.2, 0.25) is 0 Å². The van der Waals surface area contributed by atoms with Crippen molar-refractivity contribution in [3.63, 3.8) is 0 Å². The molecule has 0 radical (unpaired) electrons. The molecule has 1 aromatic heterocycles. The summed E-state index contributed by atoms with van der Waals surface area (Å²) >= 11 is 0. The highest BCUT2D eigenvalue weighted by Crippen LogP contribution is 2.23. The lowest BCUT2D eigenvalue weighted by Gasteiger charge is -2.20. The van der Waals surface area contributed by atoms with Gasteiger partial charge >= 0.3 is 0 Å². The van der Waals surface area contributed by atoms with Gasteiger partial charge in [-0.3, -0.25) is 4.72 Å². The molecular weight excluding hydrogens is 408 g/mol. The predicted octanol–water partition coefficient (Wildman–Crippen LogP) is 4.51. The maximum absolute atomic E-state index is 12.5. The van der Waals surface area contributed by atoms with Crippen molar-refractivity contribution in [1.29, 1.82) is 0 Å². The van der Waals surface area contributed by atoms with Crippen LogP contribution in [0.15, 0.2) is 66.7 Å². The minimum Gasteiger partial charge on any atom is -0.355 e. The first-order valence-electron chi connectivity index (χ1n) is 10.8. The average Bonchev–Trinajstić information content (AvgIpc) is 3.08. The molecule has 0 saturated carbocycles. The normalized spacial score (nSPS) is 14.8. The van der Waals surface area contributed by atoms with Gasteiger partial charge in [-0.2, -0.15) is 0 Å². The highest BCUT2D eigenvalue weighted by molar-refractivity contribution is 7.92. The van der Waals surface area contributed by atoms with Crippen LogP contribution in [0, 0.1) is 0 Å². The molecule has 3 aromatic rings. The molecule has 7 heteroatoms. The lowest BCUT2D eigenvalue weighted by Crippen LogP contribution is -2.25. The standard InChI is InChI=1S/C24H28N4O2S/c29-31(30,18-15-20-9-4-3-5-10-20)27-22-12-8-11-21(19-22)23-13-14-24(26-25-23)28-16-6-1-2-7-17-28/h3-5,8-14,19,27H,1-2,6-7,15-18H2. The van der Waals surface area contributed by atoms with E-state index < -0.39 is 10.0 Å². The summed E-state index contributed by atoms with van der Waals surface area (Å²) < 4.78 is 27.7. The Morgan fingerprint density at radius 3 is 2.32 bits per heavy atom. The first-order chi connectivity index (χ1) is 15.1. The molecule has 31 heavy (non-hydrogen) atoms. The van der Waals surface area contributed by atoms with E-state index in [1.807, 2.05) is 54.6 Å². The highest BCUT2D eigenvalue weighted by Gasteiger charge is 2.14. The van der Waals surface area contributed by atoms with Crippen LogP contribution in [0.25, 0.3) is 11.3 Å². The summed E-state index contributed by atoms with van der Waals surface area (Å²) in [5.74, 6) is 0.939. The molecule has 0 amide bonds. The molecule has 2 heterocycles. The Kier molecular flexibility index (Phi) is 6.82. The van der Waals surface area contributed by atoms with Gasteiger partial charge in [0.25, 0.3) is 0 Å². The molecule has 1 aliphatic rings. The van der Waals surface area contributed by atoms with E-state index in [1.54, 1.807) is 12.1 Å². The smallest absolute Gasteiger partial charge is 0.233 e. The Balaban J connectivity index is 1.42. The number of nitrogens with one attached hydrogen (secondary N) is 1. The van der Waals surface area contributed by atoms with Crippen LogP contribution in [0.4, 0.5) is 11.5 Å². The summed E-state index contributed by atoms with van der Waals surface area (Å²) in [6.45, 7) is 2.04. The monoisotopic (exact) mass is 436 g/mol. The number of sulfonamides is 1. The van der Waals surface area contributed by atoms with Crippen molar-refractivity contribution in [2.45, 2.75) is 32.1 Å². The van der Waals surface area contributed by atoms with Crippen LogP contribution in [0.3, 0.4) is 0 Å². The molecule has 1 saturated heterocycles. The Bertz CT molecular complexity index is 1080. The second-order valence-corrected chi connectivity index (χ2v) is 9.76. The fourth-order valence-corrected chi connectivity index (χ4v) is 4.91. The number of hydrogen-bond donors (Lipinski definition) is 1. The fraction of sp³-hybridized carbons (Fsp3) is 0.333. The van der Waals surface area contributed by atoms with Gasteiger partial charge in [-0.05, 0) is 49.1 Å². The number of nitrogens with zero attached hydrogens (tertiary/aromatic N) is 3. The molecular formula is C24H28N4O2S. The average molecular weight is 437 g/mol. The number of anilines is 2. The minimum absolute atomic E-state index is 0.0333. The van der Waals surface area contributed by atoms with Gasteiger partial charge in [-0.25, -0.2) is 8.42 Å². The first kappa shape index (κ1) is 21.3. The van der Waals surface area contributed by atoms with Gasteiger partial charge in [0.15, 0.2) is 5.82 Å². The summed E-state index contributed by atoms with van der Waals surface area (Å²) in [6.07, 6.45) is 5.40. The topological polar surface area (TPSA) is 75.2 Å². The third kappa shape index (κ3) is 6.04. The fourth-order valence-electron chi connectivity index (χ4n) is 3.82. The Hall–Kier alpha value is -2.93. The quantitative estimate of drug-likeness (QED) is 0.590.